The normalized spacial score (nSPS) is 11.5. The molecule has 25 heavy (non-hydrogen) atoms. The second kappa shape index (κ2) is 6.60. The summed E-state index contributed by atoms with van der Waals surface area (Å²) in [6.07, 6.45) is -1.63. The number of benzene rings is 1. The quantitative estimate of drug-likeness (QED) is 0.738. The molecule has 0 saturated heterocycles. The molecular weight excluding hydrogens is 359 g/mol. The SMILES string of the molecule is O=C(Nc1cnn(Cc2ccc(Cl)cc2)c1)c1cc(C(F)(F)F)[nH]n1. The third-order valence-corrected chi connectivity index (χ3v) is 3.52. The van der Waals surface area contributed by atoms with Gasteiger partial charge in [0.05, 0.1) is 18.4 Å². The second-order valence-electron chi connectivity index (χ2n) is 5.17. The van der Waals surface area contributed by atoms with Gasteiger partial charge in [0, 0.05) is 17.3 Å². The highest BCUT2D eigenvalue weighted by Gasteiger charge is 2.33. The number of hydrogen-bond donors (Lipinski definition) is 2. The van der Waals surface area contributed by atoms with Gasteiger partial charge in [0.25, 0.3) is 5.91 Å². The van der Waals surface area contributed by atoms with Gasteiger partial charge in [-0.15, -0.1) is 0 Å². The molecule has 2 N–H and O–H groups in total. The Morgan fingerprint density at radius 3 is 2.64 bits per heavy atom. The van der Waals surface area contributed by atoms with Crippen molar-refractivity contribution in [1.29, 1.82) is 0 Å². The summed E-state index contributed by atoms with van der Waals surface area (Å²) in [6, 6.07) is 7.82. The zero-order valence-corrected chi connectivity index (χ0v) is 13.3. The van der Waals surface area contributed by atoms with Crippen LogP contribution in [0.25, 0.3) is 0 Å². The van der Waals surface area contributed by atoms with E-state index < -0.39 is 17.8 Å². The van der Waals surface area contributed by atoms with Crippen LogP contribution in [0, 0.1) is 0 Å². The number of rotatable bonds is 4. The fraction of sp³-hybridized carbons (Fsp3) is 0.133. The van der Waals surface area contributed by atoms with Crippen LogP contribution in [0.5, 0.6) is 0 Å². The van der Waals surface area contributed by atoms with E-state index in [1.54, 1.807) is 28.1 Å². The van der Waals surface area contributed by atoms with Crippen molar-refractivity contribution < 1.29 is 18.0 Å². The number of halogens is 4. The summed E-state index contributed by atoms with van der Waals surface area (Å²) in [6.45, 7) is 0.452. The van der Waals surface area contributed by atoms with Crippen LogP contribution in [-0.2, 0) is 12.7 Å². The highest BCUT2D eigenvalue weighted by Crippen LogP contribution is 2.27. The highest BCUT2D eigenvalue weighted by molar-refractivity contribution is 6.30. The largest absolute Gasteiger partial charge is 0.432 e. The molecule has 1 aromatic carbocycles. The first kappa shape index (κ1) is 17.0. The maximum atomic E-state index is 12.5. The van der Waals surface area contributed by atoms with Crippen molar-refractivity contribution in [3.05, 3.63) is 64.7 Å². The summed E-state index contributed by atoms with van der Waals surface area (Å²) in [4.78, 5) is 11.9. The van der Waals surface area contributed by atoms with E-state index in [0.29, 0.717) is 23.3 Å². The van der Waals surface area contributed by atoms with Crippen LogP contribution in [0.4, 0.5) is 18.9 Å². The Kier molecular flexibility index (Phi) is 4.49. The number of carbonyl (C=O) groups excluding carboxylic acids is 1. The fourth-order valence-corrected chi connectivity index (χ4v) is 2.20. The molecule has 10 heteroatoms. The molecule has 0 radical (unpaired) electrons. The predicted molar refractivity (Wildman–Crippen MR) is 84.3 cm³/mol. The lowest BCUT2D eigenvalue weighted by molar-refractivity contribution is -0.141. The van der Waals surface area contributed by atoms with Gasteiger partial charge in [-0.1, -0.05) is 23.7 Å². The van der Waals surface area contributed by atoms with E-state index in [9.17, 15) is 18.0 Å². The van der Waals surface area contributed by atoms with Crippen LogP contribution in [0.15, 0.2) is 42.7 Å². The monoisotopic (exact) mass is 369 g/mol. The first-order valence-corrected chi connectivity index (χ1v) is 7.40. The third-order valence-electron chi connectivity index (χ3n) is 3.26. The second-order valence-corrected chi connectivity index (χ2v) is 5.61. The van der Waals surface area contributed by atoms with Gasteiger partial charge in [0.2, 0.25) is 0 Å². The summed E-state index contributed by atoms with van der Waals surface area (Å²) in [5, 5.41) is 12.3. The maximum Gasteiger partial charge on any atom is 0.432 e. The summed E-state index contributed by atoms with van der Waals surface area (Å²) in [5.74, 6) is -0.766. The molecule has 0 aliphatic rings. The molecule has 0 aliphatic carbocycles. The summed E-state index contributed by atoms with van der Waals surface area (Å²) >= 11 is 5.82. The molecule has 0 spiro atoms. The smallest absolute Gasteiger partial charge is 0.318 e. The number of hydrogen-bond acceptors (Lipinski definition) is 3. The van der Waals surface area contributed by atoms with Crippen molar-refractivity contribution in [2.24, 2.45) is 0 Å². The van der Waals surface area contributed by atoms with Gasteiger partial charge in [0.15, 0.2) is 5.69 Å². The molecule has 0 atom stereocenters. The zero-order valence-electron chi connectivity index (χ0n) is 12.5. The average molecular weight is 370 g/mol. The van der Waals surface area contributed by atoms with Crippen LogP contribution in [0.2, 0.25) is 5.02 Å². The molecule has 3 rings (SSSR count). The number of nitrogens with one attached hydrogen (secondary N) is 2. The molecule has 0 saturated carbocycles. The number of carbonyl (C=O) groups is 1. The molecule has 2 heterocycles. The number of nitrogens with zero attached hydrogens (tertiary/aromatic N) is 3. The number of aromatic nitrogens is 4. The first-order valence-electron chi connectivity index (χ1n) is 7.02. The van der Waals surface area contributed by atoms with Gasteiger partial charge < -0.3 is 5.32 Å². The van der Waals surface area contributed by atoms with Crippen molar-refractivity contribution in [2.75, 3.05) is 5.32 Å². The Labute approximate surface area is 144 Å². The lowest BCUT2D eigenvalue weighted by atomic mass is 10.2. The van der Waals surface area contributed by atoms with E-state index in [1.807, 2.05) is 12.1 Å². The van der Waals surface area contributed by atoms with Gasteiger partial charge in [-0.05, 0) is 17.7 Å². The summed E-state index contributed by atoms with van der Waals surface area (Å²) < 4.78 is 39.1. The van der Waals surface area contributed by atoms with Crippen molar-refractivity contribution in [3.63, 3.8) is 0 Å². The van der Waals surface area contributed by atoms with Crippen LogP contribution >= 0.6 is 11.6 Å². The number of H-pyrrole nitrogens is 1. The van der Waals surface area contributed by atoms with Crippen LogP contribution in [-0.4, -0.2) is 25.9 Å². The molecule has 1 amide bonds. The molecule has 0 aliphatic heterocycles. The van der Waals surface area contributed by atoms with E-state index in [2.05, 4.69) is 15.5 Å². The Bertz CT molecular complexity index is 885. The van der Waals surface area contributed by atoms with E-state index in [-0.39, 0.29) is 5.69 Å². The topological polar surface area (TPSA) is 75.6 Å². The minimum Gasteiger partial charge on any atom is -0.318 e. The van der Waals surface area contributed by atoms with E-state index >= 15 is 0 Å². The number of anilines is 1. The Hall–Kier alpha value is -2.81. The van der Waals surface area contributed by atoms with Gasteiger partial charge in [-0.25, -0.2) is 0 Å². The highest BCUT2D eigenvalue weighted by atomic mass is 35.5. The molecule has 130 valence electrons. The summed E-state index contributed by atoms with van der Waals surface area (Å²) in [5.41, 5.74) is -0.156. The third kappa shape index (κ3) is 4.18. The molecule has 0 unspecified atom stereocenters. The van der Waals surface area contributed by atoms with E-state index in [1.165, 1.54) is 6.20 Å². The van der Waals surface area contributed by atoms with Crippen LogP contribution in [0.1, 0.15) is 21.7 Å². The zero-order chi connectivity index (χ0) is 18.0. The Morgan fingerprint density at radius 2 is 2.00 bits per heavy atom. The molecule has 0 fully saturated rings. The van der Waals surface area contributed by atoms with Crippen molar-refractivity contribution in [3.8, 4) is 0 Å². The van der Waals surface area contributed by atoms with Crippen LogP contribution < -0.4 is 5.32 Å². The average Bonchev–Trinajstić information content (AvgIpc) is 3.19. The fourth-order valence-electron chi connectivity index (χ4n) is 2.07. The Morgan fingerprint density at radius 1 is 1.28 bits per heavy atom. The van der Waals surface area contributed by atoms with Gasteiger partial charge in [0.1, 0.15) is 5.69 Å². The molecular formula is C15H11ClF3N5O. The van der Waals surface area contributed by atoms with Crippen LogP contribution in [0.3, 0.4) is 0 Å². The molecule has 6 nitrogen and oxygen atoms in total. The molecule has 3 aromatic rings. The predicted octanol–water partition coefficient (Wildman–Crippen LogP) is 3.58. The minimum absolute atomic E-state index is 0.343. The first-order chi connectivity index (χ1) is 11.8. The standard InChI is InChI=1S/C15H11ClF3N5O/c16-10-3-1-9(2-4-10)7-24-8-11(6-20-24)21-14(25)12-5-13(23-22-12)15(17,18)19/h1-6,8H,7H2,(H,21,25)(H,22,23). The Balaban J connectivity index is 1.65. The summed E-state index contributed by atoms with van der Waals surface area (Å²) in [7, 11) is 0. The maximum absolute atomic E-state index is 12.5. The van der Waals surface area contributed by atoms with Gasteiger partial charge in [-0.2, -0.15) is 23.4 Å². The van der Waals surface area contributed by atoms with E-state index in [4.69, 9.17) is 11.6 Å². The number of amides is 1. The van der Waals surface area contributed by atoms with E-state index in [0.717, 1.165) is 5.56 Å². The van der Waals surface area contributed by atoms with Crippen molar-refractivity contribution in [2.45, 2.75) is 12.7 Å². The lowest BCUT2D eigenvalue weighted by Gasteiger charge is -2.02. The van der Waals surface area contributed by atoms with Crippen molar-refractivity contribution >= 4 is 23.2 Å². The van der Waals surface area contributed by atoms with Gasteiger partial charge in [-0.3, -0.25) is 14.6 Å². The molecule has 0 bridgehead atoms. The lowest BCUT2D eigenvalue weighted by Crippen LogP contribution is -2.12. The number of alkyl halides is 3. The van der Waals surface area contributed by atoms with Gasteiger partial charge >= 0.3 is 6.18 Å². The number of aromatic amines is 1. The minimum atomic E-state index is -4.59. The molecule has 2 aromatic heterocycles. The van der Waals surface area contributed by atoms with Crippen molar-refractivity contribution in [1.82, 2.24) is 20.0 Å².